The molecule has 0 N–H and O–H groups in total. The molecule has 0 radical (unpaired) electrons. The minimum absolute atomic E-state index is 0.0689. The second kappa shape index (κ2) is 5.10. The lowest BCUT2D eigenvalue weighted by molar-refractivity contribution is -0.163. The van der Waals surface area contributed by atoms with Crippen LogP contribution in [0, 0.1) is 0 Å². The summed E-state index contributed by atoms with van der Waals surface area (Å²) in [6.45, 7) is 0.527. The Morgan fingerprint density at radius 3 is 2.65 bits per heavy atom. The normalized spacial score (nSPS) is 17.0. The minimum atomic E-state index is -0.441. The van der Waals surface area contributed by atoms with Crippen LogP contribution in [0.15, 0.2) is 24.3 Å². The van der Waals surface area contributed by atoms with Crippen LogP contribution in [0.4, 0.5) is 0 Å². The number of carbonyl (C=O) groups is 2. The number of hydrogen-bond donors (Lipinski definition) is 0. The first-order valence-electron chi connectivity index (χ1n) is 5.50. The Balaban J connectivity index is 2.18. The van der Waals surface area contributed by atoms with Crippen molar-refractivity contribution in [2.45, 2.75) is 25.4 Å². The van der Waals surface area contributed by atoms with Gasteiger partial charge >= 0.3 is 11.9 Å². The standard InChI is InChI=1S/C13H14O4/c1-16-8-9-3-2-4-10(5-9)11-6-12(14)17-13(15)7-11/h2-5,11H,6-8H2,1H3. The molecule has 90 valence electrons. The smallest absolute Gasteiger partial charge is 0.314 e. The van der Waals surface area contributed by atoms with E-state index < -0.39 is 11.9 Å². The molecular formula is C13H14O4. The number of hydrogen-bond acceptors (Lipinski definition) is 4. The molecule has 1 heterocycles. The Morgan fingerprint density at radius 2 is 2.00 bits per heavy atom. The van der Waals surface area contributed by atoms with Crippen molar-refractivity contribution < 1.29 is 19.1 Å². The quantitative estimate of drug-likeness (QED) is 0.591. The molecule has 0 unspecified atom stereocenters. The van der Waals surface area contributed by atoms with Crippen molar-refractivity contribution in [3.05, 3.63) is 35.4 Å². The van der Waals surface area contributed by atoms with Crippen LogP contribution in [0.1, 0.15) is 29.9 Å². The van der Waals surface area contributed by atoms with Crippen molar-refractivity contribution in [3.8, 4) is 0 Å². The fraction of sp³-hybridized carbons (Fsp3) is 0.385. The van der Waals surface area contributed by atoms with Gasteiger partial charge in [0.1, 0.15) is 0 Å². The van der Waals surface area contributed by atoms with Crippen molar-refractivity contribution in [1.29, 1.82) is 0 Å². The average Bonchev–Trinajstić information content (AvgIpc) is 2.28. The third kappa shape index (κ3) is 2.91. The number of methoxy groups -OCH3 is 1. The van der Waals surface area contributed by atoms with Gasteiger partial charge in [-0.2, -0.15) is 0 Å². The molecule has 4 nitrogen and oxygen atoms in total. The molecular weight excluding hydrogens is 220 g/mol. The Labute approximate surface area is 99.5 Å². The zero-order valence-corrected chi connectivity index (χ0v) is 9.64. The summed E-state index contributed by atoms with van der Waals surface area (Å²) in [4.78, 5) is 22.4. The van der Waals surface area contributed by atoms with Crippen LogP contribution in [-0.4, -0.2) is 19.0 Å². The lowest BCUT2D eigenvalue weighted by Gasteiger charge is -2.20. The molecule has 2 rings (SSSR count). The summed E-state index contributed by atoms with van der Waals surface area (Å²) < 4.78 is 9.57. The van der Waals surface area contributed by atoms with E-state index in [0.29, 0.717) is 6.61 Å². The third-order valence-electron chi connectivity index (χ3n) is 2.79. The molecule has 0 spiro atoms. The molecule has 0 saturated carbocycles. The number of cyclic esters (lactones) is 2. The van der Waals surface area contributed by atoms with Gasteiger partial charge in [0.2, 0.25) is 0 Å². The van der Waals surface area contributed by atoms with Crippen LogP contribution in [0.5, 0.6) is 0 Å². The molecule has 17 heavy (non-hydrogen) atoms. The van der Waals surface area contributed by atoms with Gasteiger partial charge in [0, 0.05) is 13.0 Å². The van der Waals surface area contributed by atoms with E-state index in [2.05, 4.69) is 4.74 Å². The summed E-state index contributed by atoms with van der Waals surface area (Å²) in [6.07, 6.45) is 0.532. The van der Waals surface area contributed by atoms with E-state index in [-0.39, 0.29) is 18.8 Å². The SMILES string of the molecule is COCc1cccc(C2CC(=O)OC(=O)C2)c1. The highest BCUT2D eigenvalue weighted by atomic mass is 16.6. The van der Waals surface area contributed by atoms with Gasteiger partial charge in [-0.05, 0) is 11.1 Å². The summed E-state index contributed by atoms with van der Waals surface area (Å²) in [5.41, 5.74) is 2.03. The van der Waals surface area contributed by atoms with E-state index in [4.69, 9.17) is 4.74 Å². The van der Waals surface area contributed by atoms with Gasteiger partial charge in [-0.15, -0.1) is 0 Å². The topological polar surface area (TPSA) is 52.6 Å². The van der Waals surface area contributed by atoms with Gasteiger partial charge < -0.3 is 9.47 Å². The highest BCUT2D eigenvalue weighted by Crippen LogP contribution is 2.28. The molecule has 0 aliphatic carbocycles. The second-order valence-corrected chi connectivity index (χ2v) is 4.13. The number of benzene rings is 1. The van der Waals surface area contributed by atoms with Crippen LogP contribution >= 0.6 is 0 Å². The van der Waals surface area contributed by atoms with E-state index in [1.807, 2.05) is 24.3 Å². The van der Waals surface area contributed by atoms with E-state index in [0.717, 1.165) is 11.1 Å². The molecule has 0 bridgehead atoms. The molecule has 4 heteroatoms. The first kappa shape index (κ1) is 11.8. The minimum Gasteiger partial charge on any atom is -0.393 e. The van der Waals surface area contributed by atoms with Crippen molar-refractivity contribution >= 4 is 11.9 Å². The van der Waals surface area contributed by atoms with Crippen LogP contribution in [0.2, 0.25) is 0 Å². The van der Waals surface area contributed by atoms with Crippen LogP contribution in [-0.2, 0) is 25.7 Å². The van der Waals surface area contributed by atoms with Gasteiger partial charge in [0.05, 0.1) is 19.4 Å². The zero-order chi connectivity index (χ0) is 12.3. The number of carbonyl (C=O) groups excluding carboxylic acids is 2. The van der Waals surface area contributed by atoms with Gasteiger partial charge in [-0.3, -0.25) is 9.59 Å². The van der Waals surface area contributed by atoms with Crippen molar-refractivity contribution in [3.63, 3.8) is 0 Å². The maximum atomic E-state index is 11.2. The largest absolute Gasteiger partial charge is 0.393 e. The first-order chi connectivity index (χ1) is 8.19. The summed E-state index contributed by atoms with van der Waals surface area (Å²) >= 11 is 0. The lowest BCUT2D eigenvalue weighted by Crippen LogP contribution is -2.24. The predicted octanol–water partition coefficient (Wildman–Crippen LogP) is 1.78. The third-order valence-corrected chi connectivity index (χ3v) is 2.79. The van der Waals surface area contributed by atoms with Crippen molar-refractivity contribution in [2.75, 3.05) is 7.11 Å². The Morgan fingerprint density at radius 1 is 1.29 bits per heavy atom. The number of esters is 2. The maximum absolute atomic E-state index is 11.2. The van der Waals surface area contributed by atoms with Crippen LogP contribution in [0.25, 0.3) is 0 Å². The predicted molar refractivity (Wildman–Crippen MR) is 60.2 cm³/mol. The highest BCUT2D eigenvalue weighted by Gasteiger charge is 2.28. The van der Waals surface area contributed by atoms with E-state index in [9.17, 15) is 9.59 Å². The summed E-state index contributed by atoms with van der Waals surface area (Å²) in [5, 5.41) is 0. The molecule has 1 fully saturated rings. The molecule has 1 aliphatic rings. The molecule has 0 amide bonds. The monoisotopic (exact) mass is 234 g/mol. The maximum Gasteiger partial charge on any atom is 0.314 e. The van der Waals surface area contributed by atoms with Crippen LogP contribution in [0.3, 0.4) is 0 Å². The van der Waals surface area contributed by atoms with Crippen molar-refractivity contribution in [1.82, 2.24) is 0 Å². The lowest BCUT2D eigenvalue weighted by atomic mass is 9.90. The summed E-state index contributed by atoms with van der Waals surface area (Å²) in [5.74, 6) is -0.952. The van der Waals surface area contributed by atoms with Crippen molar-refractivity contribution in [2.24, 2.45) is 0 Å². The average molecular weight is 234 g/mol. The fourth-order valence-corrected chi connectivity index (χ4v) is 2.02. The van der Waals surface area contributed by atoms with E-state index >= 15 is 0 Å². The molecule has 1 aromatic rings. The Bertz CT molecular complexity index is 423. The number of rotatable bonds is 3. The zero-order valence-electron chi connectivity index (χ0n) is 9.64. The van der Waals surface area contributed by atoms with E-state index in [1.165, 1.54) is 0 Å². The second-order valence-electron chi connectivity index (χ2n) is 4.13. The summed E-state index contributed by atoms with van der Waals surface area (Å²) in [7, 11) is 1.63. The van der Waals surface area contributed by atoms with Gasteiger partial charge in [-0.25, -0.2) is 0 Å². The Hall–Kier alpha value is -1.68. The fourth-order valence-electron chi connectivity index (χ4n) is 2.02. The van der Waals surface area contributed by atoms with Gasteiger partial charge in [-0.1, -0.05) is 24.3 Å². The molecule has 1 aliphatic heterocycles. The molecule has 0 atom stereocenters. The summed E-state index contributed by atoms with van der Waals surface area (Å²) in [6, 6.07) is 7.76. The van der Waals surface area contributed by atoms with E-state index in [1.54, 1.807) is 7.11 Å². The van der Waals surface area contributed by atoms with Crippen LogP contribution < -0.4 is 0 Å². The molecule has 0 aromatic heterocycles. The first-order valence-corrected chi connectivity index (χ1v) is 5.50. The Kier molecular flexibility index (Phi) is 3.54. The highest BCUT2D eigenvalue weighted by molar-refractivity contribution is 5.89. The van der Waals surface area contributed by atoms with Gasteiger partial charge in [0.15, 0.2) is 0 Å². The number of ether oxygens (including phenoxy) is 2. The molecule has 1 aromatic carbocycles. The molecule has 1 saturated heterocycles. The van der Waals surface area contributed by atoms with Gasteiger partial charge in [0.25, 0.3) is 0 Å².